The van der Waals surface area contributed by atoms with Gasteiger partial charge in [0.2, 0.25) is 0 Å². The van der Waals surface area contributed by atoms with Crippen LogP contribution in [-0.4, -0.2) is 22.0 Å². The van der Waals surface area contributed by atoms with Gasteiger partial charge in [-0.05, 0) is 37.3 Å². The molecule has 0 atom stereocenters. The number of carbonyl (C=O) groups is 2. The van der Waals surface area contributed by atoms with Crippen molar-refractivity contribution < 1.29 is 18.5 Å². The van der Waals surface area contributed by atoms with Crippen LogP contribution in [0, 0.1) is 12.7 Å². The molecule has 2 amide bonds. The first kappa shape index (κ1) is 16.3. The van der Waals surface area contributed by atoms with E-state index in [1.54, 1.807) is 19.1 Å². The van der Waals surface area contributed by atoms with Crippen LogP contribution in [0.25, 0.3) is 0 Å². The number of hydrogen-bond donors (Lipinski definition) is 2. The summed E-state index contributed by atoms with van der Waals surface area (Å²) in [6.07, 6.45) is 1.34. The lowest BCUT2D eigenvalue weighted by Crippen LogP contribution is -2.17. The van der Waals surface area contributed by atoms with Crippen LogP contribution >= 0.6 is 0 Å². The molecule has 0 radical (unpaired) electrons. The Morgan fingerprint density at radius 3 is 2.64 bits per heavy atom. The van der Waals surface area contributed by atoms with Crippen molar-refractivity contribution in [2.24, 2.45) is 0 Å². The summed E-state index contributed by atoms with van der Waals surface area (Å²) in [5.74, 6) is -0.686. The van der Waals surface area contributed by atoms with Crippen molar-refractivity contribution in [1.82, 2.24) is 10.1 Å². The van der Waals surface area contributed by atoms with Crippen molar-refractivity contribution in [3.05, 3.63) is 71.5 Å². The highest BCUT2D eigenvalue weighted by atomic mass is 19.1. The highest BCUT2D eigenvalue weighted by Crippen LogP contribution is 2.13. The Balaban J connectivity index is 1.74. The topological polar surface area (TPSA) is 97.1 Å². The molecule has 0 saturated carbocycles. The second-order valence-corrected chi connectivity index (χ2v) is 5.17. The number of anilines is 2. The minimum absolute atomic E-state index is 0.0348. The van der Waals surface area contributed by atoms with Gasteiger partial charge >= 0.3 is 0 Å². The fraction of sp³-hybridized carbons (Fsp3) is 0.0588. The quantitative estimate of drug-likeness (QED) is 0.761. The molecule has 3 aromatic rings. The van der Waals surface area contributed by atoms with E-state index in [-0.39, 0.29) is 17.1 Å². The number of pyridine rings is 1. The zero-order chi connectivity index (χ0) is 17.8. The first-order valence-electron chi connectivity index (χ1n) is 7.29. The van der Waals surface area contributed by atoms with Crippen molar-refractivity contribution in [3.8, 4) is 0 Å². The molecule has 0 saturated heterocycles. The highest BCUT2D eigenvalue weighted by molar-refractivity contribution is 6.07. The summed E-state index contributed by atoms with van der Waals surface area (Å²) in [4.78, 5) is 28.3. The SMILES string of the molecule is Cc1cc(NC(=O)c2cc(C(=O)Nc3cccc(F)c3)ccn2)no1. The van der Waals surface area contributed by atoms with Crippen molar-refractivity contribution in [2.45, 2.75) is 6.92 Å². The highest BCUT2D eigenvalue weighted by Gasteiger charge is 2.14. The standard InChI is InChI=1S/C17H13FN4O3/c1-10-7-15(22-25-10)21-17(24)14-8-11(5-6-19-14)16(23)20-13-4-2-3-12(18)9-13/h2-9H,1H3,(H,20,23)(H,21,22,24). The van der Waals surface area contributed by atoms with Crippen LogP contribution in [0.1, 0.15) is 26.6 Å². The predicted octanol–water partition coefficient (Wildman–Crippen LogP) is 3.02. The van der Waals surface area contributed by atoms with Crippen molar-refractivity contribution in [1.29, 1.82) is 0 Å². The third-order valence-corrected chi connectivity index (χ3v) is 3.21. The van der Waals surface area contributed by atoms with Gasteiger partial charge in [-0.25, -0.2) is 4.39 Å². The van der Waals surface area contributed by atoms with Gasteiger partial charge in [-0.3, -0.25) is 14.6 Å². The molecule has 0 aliphatic heterocycles. The van der Waals surface area contributed by atoms with Gasteiger partial charge < -0.3 is 15.2 Å². The Morgan fingerprint density at radius 2 is 1.92 bits per heavy atom. The third kappa shape index (κ3) is 4.05. The van der Waals surface area contributed by atoms with Gasteiger partial charge in [0.15, 0.2) is 5.82 Å². The van der Waals surface area contributed by atoms with Gasteiger partial charge in [-0.15, -0.1) is 0 Å². The maximum Gasteiger partial charge on any atom is 0.275 e. The van der Waals surface area contributed by atoms with E-state index in [0.29, 0.717) is 11.4 Å². The normalized spacial score (nSPS) is 10.3. The molecule has 0 aliphatic carbocycles. The number of carbonyl (C=O) groups excluding carboxylic acids is 2. The van der Waals surface area contributed by atoms with E-state index >= 15 is 0 Å². The zero-order valence-electron chi connectivity index (χ0n) is 13.1. The lowest BCUT2D eigenvalue weighted by Gasteiger charge is -2.06. The Kier molecular flexibility index (Phi) is 4.51. The van der Waals surface area contributed by atoms with E-state index in [1.165, 1.54) is 36.5 Å². The average Bonchev–Trinajstić information content (AvgIpc) is 3.00. The van der Waals surface area contributed by atoms with Gasteiger partial charge in [0.05, 0.1) is 0 Å². The van der Waals surface area contributed by atoms with E-state index < -0.39 is 17.6 Å². The van der Waals surface area contributed by atoms with Gasteiger partial charge in [-0.1, -0.05) is 11.2 Å². The lowest BCUT2D eigenvalue weighted by molar-refractivity contribution is 0.102. The Bertz CT molecular complexity index is 939. The molecule has 7 nitrogen and oxygen atoms in total. The lowest BCUT2D eigenvalue weighted by atomic mass is 10.2. The number of nitrogens with one attached hydrogen (secondary N) is 2. The number of aromatic nitrogens is 2. The van der Waals surface area contributed by atoms with E-state index in [1.807, 2.05) is 0 Å². The minimum atomic E-state index is -0.534. The van der Waals surface area contributed by atoms with E-state index in [9.17, 15) is 14.0 Å². The summed E-state index contributed by atoms with van der Waals surface area (Å²) >= 11 is 0. The van der Waals surface area contributed by atoms with E-state index in [4.69, 9.17) is 4.52 Å². The second-order valence-electron chi connectivity index (χ2n) is 5.17. The van der Waals surface area contributed by atoms with Gasteiger partial charge in [0.25, 0.3) is 11.8 Å². The molecule has 2 aromatic heterocycles. The second kappa shape index (κ2) is 6.91. The average molecular weight is 340 g/mol. The first-order valence-corrected chi connectivity index (χ1v) is 7.29. The molecular formula is C17H13FN4O3. The Hall–Kier alpha value is -3.55. The summed E-state index contributed by atoms with van der Waals surface area (Å²) in [5.41, 5.74) is 0.555. The molecular weight excluding hydrogens is 327 g/mol. The molecule has 3 rings (SSSR count). The van der Waals surface area contributed by atoms with Gasteiger partial charge in [0.1, 0.15) is 17.3 Å². The maximum absolute atomic E-state index is 13.2. The van der Waals surface area contributed by atoms with Gasteiger partial charge in [-0.2, -0.15) is 0 Å². The Labute approximate surface area is 141 Å². The number of halogens is 1. The molecule has 2 N–H and O–H groups in total. The van der Waals surface area contributed by atoms with Crippen LogP contribution in [-0.2, 0) is 0 Å². The molecule has 1 aromatic carbocycles. The summed E-state index contributed by atoms with van der Waals surface area (Å²) in [6.45, 7) is 1.69. The third-order valence-electron chi connectivity index (χ3n) is 3.21. The zero-order valence-corrected chi connectivity index (χ0v) is 13.1. The minimum Gasteiger partial charge on any atom is -0.360 e. The molecule has 2 heterocycles. The fourth-order valence-corrected chi connectivity index (χ4v) is 2.07. The van der Waals surface area contributed by atoms with E-state index in [0.717, 1.165) is 0 Å². The van der Waals surface area contributed by atoms with Crippen molar-refractivity contribution >= 4 is 23.3 Å². The smallest absolute Gasteiger partial charge is 0.275 e. The van der Waals surface area contributed by atoms with Crippen molar-refractivity contribution in [2.75, 3.05) is 10.6 Å². The predicted molar refractivity (Wildman–Crippen MR) is 87.8 cm³/mol. The number of amides is 2. The molecule has 126 valence electrons. The van der Waals surface area contributed by atoms with Crippen LogP contribution in [0.4, 0.5) is 15.9 Å². The molecule has 25 heavy (non-hydrogen) atoms. The number of rotatable bonds is 4. The summed E-state index contributed by atoms with van der Waals surface area (Å²) in [5, 5.41) is 8.72. The van der Waals surface area contributed by atoms with Crippen LogP contribution in [0.5, 0.6) is 0 Å². The number of hydrogen-bond acceptors (Lipinski definition) is 5. The largest absolute Gasteiger partial charge is 0.360 e. The molecule has 0 unspecified atom stereocenters. The number of nitrogens with zero attached hydrogens (tertiary/aromatic N) is 2. The van der Waals surface area contributed by atoms with Crippen molar-refractivity contribution in [3.63, 3.8) is 0 Å². The summed E-state index contributed by atoms with van der Waals surface area (Å²) in [6, 6.07) is 9.84. The summed E-state index contributed by atoms with van der Waals surface area (Å²) < 4.78 is 18.0. The Morgan fingerprint density at radius 1 is 1.08 bits per heavy atom. The molecule has 8 heteroatoms. The number of aryl methyl sites for hydroxylation is 1. The van der Waals surface area contributed by atoms with Gasteiger partial charge in [0, 0.05) is 23.5 Å². The first-order chi connectivity index (χ1) is 12.0. The fourth-order valence-electron chi connectivity index (χ4n) is 2.07. The van der Waals surface area contributed by atoms with Crippen LogP contribution < -0.4 is 10.6 Å². The van der Waals surface area contributed by atoms with Crippen LogP contribution in [0.2, 0.25) is 0 Å². The number of benzene rings is 1. The maximum atomic E-state index is 13.2. The molecule has 0 aliphatic rings. The monoisotopic (exact) mass is 340 g/mol. The van der Waals surface area contributed by atoms with E-state index in [2.05, 4.69) is 20.8 Å². The molecule has 0 bridgehead atoms. The molecule has 0 fully saturated rings. The van der Waals surface area contributed by atoms with Crippen LogP contribution in [0.3, 0.4) is 0 Å². The van der Waals surface area contributed by atoms with Crippen LogP contribution in [0.15, 0.2) is 53.2 Å². The molecule has 0 spiro atoms. The summed E-state index contributed by atoms with van der Waals surface area (Å²) in [7, 11) is 0.